The fraction of sp³-hybridized carbons (Fsp3) is 0.929. The summed E-state index contributed by atoms with van der Waals surface area (Å²) >= 11 is 0. The molecule has 0 amide bonds. The molecule has 0 spiro atoms. The molecule has 0 heterocycles. The molecule has 2 N–H and O–H groups in total. The largest absolute Gasteiger partial charge is 0.481 e. The van der Waals surface area contributed by atoms with Crippen LogP contribution in [0.25, 0.3) is 0 Å². The van der Waals surface area contributed by atoms with Crippen molar-refractivity contribution < 1.29 is 15.0 Å². The molecule has 0 bridgehead atoms. The highest BCUT2D eigenvalue weighted by atomic mass is 16.4. The number of aliphatic carboxylic acids is 1. The molecule has 0 radical (unpaired) electrons. The van der Waals surface area contributed by atoms with E-state index in [9.17, 15) is 15.0 Å². The van der Waals surface area contributed by atoms with Crippen LogP contribution in [-0.4, -0.2) is 21.8 Å². The van der Waals surface area contributed by atoms with E-state index in [0.717, 1.165) is 12.8 Å². The van der Waals surface area contributed by atoms with E-state index in [1.807, 2.05) is 13.8 Å². The maximum atomic E-state index is 11.3. The number of carboxylic acids is 1. The standard InChI is InChI=1S/C14H26O3/c1-9(2)11-5-7-14(17,8-6-11)12(10(3)4)13(15)16/h9-12,17H,5-8H2,1-4H3,(H,15,16). The lowest BCUT2D eigenvalue weighted by Gasteiger charge is -2.42. The zero-order valence-electron chi connectivity index (χ0n) is 11.4. The smallest absolute Gasteiger partial charge is 0.309 e. The summed E-state index contributed by atoms with van der Waals surface area (Å²) < 4.78 is 0. The fourth-order valence-corrected chi connectivity index (χ4v) is 3.25. The first-order chi connectivity index (χ1) is 7.78. The molecule has 1 atom stereocenters. The van der Waals surface area contributed by atoms with E-state index < -0.39 is 17.5 Å². The first kappa shape index (κ1) is 14.5. The van der Waals surface area contributed by atoms with Crippen LogP contribution in [0.5, 0.6) is 0 Å². The Morgan fingerprint density at radius 3 is 1.94 bits per heavy atom. The van der Waals surface area contributed by atoms with E-state index in [0.29, 0.717) is 24.7 Å². The summed E-state index contributed by atoms with van der Waals surface area (Å²) in [7, 11) is 0. The zero-order valence-corrected chi connectivity index (χ0v) is 11.4. The quantitative estimate of drug-likeness (QED) is 0.797. The molecule has 1 aliphatic carbocycles. The molecule has 0 aromatic carbocycles. The van der Waals surface area contributed by atoms with Gasteiger partial charge in [0.05, 0.1) is 11.5 Å². The van der Waals surface area contributed by atoms with Gasteiger partial charge in [-0.15, -0.1) is 0 Å². The topological polar surface area (TPSA) is 57.5 Å². The van der Waals surface area contributed by atoms with Crippen LogP contribution in [0.1, 0.15) is 53.4 Å². The lowest BCUT2D eigenvalue weighted by atomic mass is 9.67. The number of carbonyl (C=O) groups is 1. The number of hydrogen-bond acceptors (Lipinski definition) is 2. The molecule has 0 saturated heterocycles. The second-order valence-electron chi connectivity index (χ2n) is 6.24. The van der Waals surface area contributed by atoms with E-state index in [4.69, 9.17) is 0 Å². The summed E-state index contributed by atoms with van der Waals surface area (Å²) in [4.78, 5) is 11.3. The molecular weight excluding hydrogens is 216 g/mol. The summed E-state index contributed by atoms with van der Waals surface area (Å²) in [5.41, 5.74) is -0.995. The van der Waals surface area contributed by atoms with Gasteiger partial charge in [-0.2, -0.15) is 0 Å². The number of carboxylic acid groups (broad SMARTS) is 1. The molecule has 0 aliphatic heterocycles. The SMILES string of the molecule is CC(C)C1CCC(O)(C(C(=O)O)C(C)C)CC1. The van der Waals surface area contributed by atoms with Crippen LogP contribution >= 0.6 is 0 Å². The molecule has 100 valence electrons. The summed E-state index contributed by atoms with van der Waals surface area (Å²) in [6.07, 6.45) is 3.16. The molecule has 1 rings (SSSR count). The van der Waals surface area contributed by atoms with Crippen LogP contribution in [0.15, 0.2) is 0 Å². The molecule has 0 aromatic rings. The van der Waals surface area contributed by atoms with Gasteiger partial charge < -0.3 is 10.2 Å². The van der Waals surface area contributed by atoms with E-state index in [1.165, 1.54) is 0 Å². The third-order valence-electron chi connectivity index (χ3n) is 4.35. The first-order valence-electron chi connectivity index (χ1n) is 6.73. The van der Waals surface area contributed by atoms with Crippen molar-refractivity contribution in [1.82, 2.24) is 0 Å². The minimum atomic E-state index is -0.995. The van der Waals surface area contributed by atoms with E-state index in [-0.39, 0.29) is 5.92 Å². The molecule has 17 heavy (non-hydrogen) atoms. The van der Waals surface area contributed by atoms with Gasteiger partial charge >= 0.3 is 5.97 Å². The van der Waals surface area contributed by atoms with Crippen molar-refractivity contribution in [1.29, 1.82) is 0 Å². The summed E-state index contributed by atoms with van der Waals surface area (Å²) in [5.74, 6) is -0.243. The monoisotopic (exact) mass is 242 g/mol. The normalized spacial score (nSPS) is 31.8. The summed E-state index contributed by atoms with van der Waals surface area (Å²) in [6.45, 7) is 8.16. The molecule has 1 saturated carbocycles. The Morgan fingerprint density at radius 2 is 1.65 bits per heavy atom. The van der Waals surface area contributed by atoms with Crippen LogP contribution in [-0.2, 0) is 4.79 Å². The molecule has 3 nitrogen and oxygen atoms in total. The Morgan fingerprint density at radius 1 is 1.18 bits per heavy atom. The maximum absolute atomic E-state index is 11.3. The number of hydrogen-bond donors (Lipinski definition) is 2. The van der Waals surface area contributed by atoms with Gasteiger partial charge in [0.15, 0.2) is 0 Å². The van der Waals surface area contributed by atoms with Crippen molar-refractivity contribution in [2.24, 2.45) is 23.7 Å². The number of rotatable bonds is 4. The van der Waals surface area contributed by atoms with Gasteiger partial charge in [-0.05, 0) is 43.4 Å². The van der Waals surface area contributed by atoms with Crippen molar-refractivity contribution in [3.8, 4) is 0 Å². The van der Waals surface area contributed by atoms with Gasteiger partial charge in [0, 0.05) is 0 Å². The highest BCUT2D eigenvalue weighted by molar-refractivity contribution is 5.71. The highest BCUT2D eigenvalue weighted by Crippen LogP contribution is 2.42. The van der Waals surface area contributed by atoms with Crippen LogP contribution in [0.2, 0.25) is 0 Å². The zero-order chi connectivity index (χ0) is 13.2. The average molecular weight is 242 g/mol. The van der Waals surface area contributed by atoms with Gasteiger partial charge in [0.1, 0.15) is 0 Å². The minimum absolute atomic E-state index is 0.0203. The van der Waals surface area contributed by atoms with Crippen LogP contribution in [0.3, 0.4) is 0 Å². The molecule has 1 unspecified atom stereocenters. The van der Waals surface area contributed by atoms with Crippen molar-refractivity contribution in [2.45, 2.75) is 59.0 Å². The Kier molecular flexibility index (Phi) is 4.59. The Bertz CT molecular complexity index is 263. The van der Waals surface area contributed by atoms with Gasteiger partial charge in [-0.1, -0.05) is 27.7 Å². The predicted octanol–water partition coefficient (Wildman–Crippen LogP) is 2.92. The Labute approximate surface area is 104 Å². The average Bonchev–Trinajstić information content (AvgIpc) is 2.16. The van der Waals surface area contributed by atoms with E-state index >= 15 is 0 Å². The van der Waals surface area contributed by atoms with E-state index in [1.54, 1.807) is 0 Å². The van der Waals surface area contributed by atoms with Crippen molar-refractivity contribution in [3.63, 3.8) is 0 Å². The number of aliphatic hydroxyl groups is 1. The van der Waals surface area contributed by atoms with Gasteiger partial charge in [0.25, 0.3) is 0 Å². The second kappa shape index (κ2) is 5.38. The lowest BCUT2D eigenvalue weighted by Crippen LogP contribution is -2.48. The van der Waals surface area contributed by atoms with E-state index in [2.05, 4.69) is 13.8 Å². The minimum Gasteiger partial charge on any atom is -0.481 e. The maximum Gasteiger partial charge on any atom is 0.309 e. The second-order valence-corrected chi connectivity index (χ2v) is 6.24. The summed E-state index contributed by atoms with van der Waals surface area (Å²) in [6, 6.07) is 0. The van der Waals surface area contributed by atoms with Crippen molar-refractivity contribution in [2.75, 3.05) is 0 Å². The first-order valence-corrected chi connectivity index (χ1v) is 6.73. The fourth-order valence-electron chi connectivity index (χ4n) is 3.25. The van der Waals surface area contributed by atoms with Crippen LogP contribution < -0.4 is 0 Å². The molecule has 1 aliphatic rings. The van der Waals surface area contributed by atoms with Crippen LogP contribution in [0.4, 0.5) is 0 Å². The van der Waals surface area contributed by atoms with Crippen LogP contribution in [0, 0.1) is 23.7 Å². The van der Waals surface area contributed by atoms with Crippen molar-refractivity contribution >= 4 is 5.97 Å². The Balaban J connectivity index is 2.73. The predicted molar refractivity (Wildman–Crippen MR) is 67.7 cm³/mol. The molecule has 3 heteroatoms. The van der Waals surface area contributed by atoms with Gasteiger partial charge in [-0.3, -0.25) is 4.79 Å². The summed E-state index contributed by atoms with van der Waals surface area (Å²) in [5, 5.41) is 19.9. The van der Waals surface area contributed by atoms with Gasteiger partial charge in [-0.25, -0.2) is 0 Å². The Hall–Kier alpha value is -0.570. The third-order valence-corrected chi connectivity index (χ3v) is 4.35. The lowest BCUT2D eigenvalue weighted by molar-refractivity contribution is -0.160. The van der Waals surface area contributed by atoms with Crippen molar-refractivity contribution in [3.05, 3.63) is 0 Å². The molecule has 1 fully saturated rings. The van der Waals surface area contributed by atoms with Gasteiger partial charge in [0.2, 0.25) is 0 Å². The third kappa shape index (κ3) is 3.21. The molecule has 0 aromatic heterocycles. The molecular formula is C14H26O3. The highest BCUT2D eigenvalue weighted by Gasteiger charge is 2.45.